The Bertz CT molecular complexity index is 968. The standard InChI is InChI=1S/C22H23N3O/c1-21(2)18-13-17(24(3)4)7-8-19(18)25(5)22(21)11-10-16-12-15(14-23)6-9-20(16)26-22/h6-13H,1-5H3. The molecule has 1 spiro atoms. The molecule has 26 heavy (non-hydrogen) atoms. The first-order valence-corrected chi connectivity index (χ1v) is 8.78. The van der Waals surface area contributed by atoms with E-state index in [1.165, 1.54) is 16.9 Å². The van der Waals surface area contributed by atoms with Crippen molar-refractivity contribution < 1.29 is 4.74 Å². The Morgan fingerprint density at radius 3 is 2.58 bits per heavy atom. The van der Waals surface area contributed by atoms with Crippen molar-refractivity contribution in [3.8, 4) is 11.8 Å². The van der Waals surface area contributed by atoms with Crippen LogP contribution < -0.4 is 14.5 Å². The van der Waals surface area contributed by atoms with Gasteiger partial charge in [0.25, 0.3) is 0 Å². The molecular formula is C22H23N3O. The number of hydrogen-bond donors (Lipinski definition) is 0. The summed E-state index contributed by atoms with van der Waals surface area (Å²) in [4.78, 5) is 4.34. The third-order valence-electron chi connectivity index (χ3n) is 5.82. The quantitative estimate of drug-likeness (QED) is 0.778. The Kier molecular flexibility index (Phi) is 3.36. The van der Waals surface area contributed by atoms with E-state index in [4.69, 9.17) is 10.00 Å². The lowest BCUT2D eigenvalue weighted by molar-refractivity contribution is 0.0582. The van der Waals surface area contributed by atoms with Crippen molar-refractivity contribution in [2.24, 2.45) is 0 Å². The monoisotopic (exact) mass is 345 g/mol. The van der Waals surface area contributed by atoms with Crippen molar-refractivity contribution in [1.29, 1.82) is 5.26 Å². The molecule has 4 nitrogen and oxygen atoms in total. The molecule has 0 saturated carbocycles. The Morgan fingerprint density at radius 1 is 1.12 bits per heavy atom. The van der Waals surface area contributed by atoms with Gasteiger partial charge in [-0.05, 0) is 68.0 Å². The summed E-state index contributed by atoms with van der Waals surface area (Å²) in [5, 5.41) is 9.13. The van der Waals surface area contributed by atoms with E-state index in [0.29, 0.717) is 5.56 Å². The van der Waals surface area contributed by atoms with Crippen LogP contribution in [0.1, 0.15) is 30.5 Å². The van der Waals surface area contributed by atoms with Gasteiger partial charge < -0.3 is 14.5 Å². The number of fused-ring (bicyclic) bond motifs is 2. The summed E-state index contributed by atoms with van der Waals surface area (Å²) in [7, 11) is 6.20. The number of nitrogens with zero attached hydrogens (tertiary/aromatic N) is 3. The molecule has 1 atom stereocenters. The molecule has 2 aliphatic rings. The van der Waals surface area contributed by atoms with Crippen LogP contribution in [0.3, 0.4) is 0 Å². The van der Waals surface area contributed by atoms with Gasteiger partial charge in [0.15, 0.2) is 0 Å². The minimum Gasteiger partial charge on any atom is -0.463 e. The molecule has 2 aromatic carbocycles. The van der Waals surface area contributed by atoms with E-state index in [1.54, 1.807) is 0 Å². The second-order valence-corrected chi connectivity index (χ2v) is 7.78. The number of anilines is 2. The molecule has 4 heteroatoms. The van der Waals surface area contributed by atoms with Gasteiger partial charge in [-0.3, -0.25) is 0 Å². The van der Waals surface area contributed by atoms with Gasteiger partial charge in [-0.1, -0.05) is 0 Å². The van der Waals surface area contributed by atoms with E-state index in [-0.39, 0.29) is 5.41 Å². The van der Waals surface area contributed by atoms with Crippen LogP contribution >= 0.6 is 0 Å². The van der Waals surface area contributed by atoms with Crippen molar-refractivity contribution in [3.63, 3.8) is 0 Å². The topological polar surface area (TPSA) is 39.5 Å². The highest BCUT2D eigenvalue weighted by atomic mass is 16.5. The molecular weight excluding hydrogens is 322 g/mol. The van der Waals surface area contributed by atoms with E-state index in [1.807, 2.05) is 18.2 Å². The maximum absolute atomic E-state index is 9.13. The van der Waals surface area contributed by atoms with Crippen LogP contribution in [0.25, 0.3) is 6.08 Å². The van der Waals surface area contributed by atoms with Crippen LogP contribution in [-0.2, 0) is 5.41 Å². The number of ether oxygens (including phenoxy) is 1. The summed E-state index contributed by atoms with van der Waals surface area (Å²) in [5.41, 5.74) is 4.39. The zero-order valence-electron chi connectivity index (χ0n) is 15.9. The summed E-state index contributed by atoms with van der Waals surface area (Å²) in [6, 6.07) is 14.3. The second-order valence-electron chi connectivity index (χ2n) is 7.78. The lowest BCUT2D eigenvalue weighted by atomic mass is 9.76. The minimum absolute atomic E-state index is 0.245. The number of hydrogen-bond acceptors (Lipinski definition) is 4. The average molecular weight is 345 g/mol. The molecule has 0 radical (unpaired) electrons. The fourth-order valence-electron chi connectivity index (χ4n) is 4.15. The summed E-state index contributed by atoms with van der Waals surface area (Å²) < 4.78 is 6.61. The Morgan fingerprint density at radius 2 is 1.88 bits per heavy atom. The summed E-state index contributed by atoms with van der Waals surface area (Å²) in [5.74, 6) is 0.812. The number of likely N-dealkylation sites (N-methyl/N-ethyl adjacent to an activating group) is 1. The van der Waals surface area contributed by atoms with Crippen LogP contribution in [0.2, 0.25) is 0 Å². The van der Waals surface area contributed by atoms with E-state index in [2.05, 4.69) is 81.2 Å². The van der Waals surface area contributed by atoms with Crippen molar-refractivity contribution in [2.45, 2.75) is 25.0 Å². The lowest BCUT2D eigenvalue weighted by Gasteiger charge is -2.45. The fourth-order valence-corrected chi connectivity index (χ4v) is 4.15. The molecule has 0 bridgehead atoms. The largest absolute Gasteiger partial charge is 0.463 e. The van der Waals surface area contributed by atoms with Crippen LogP contribution in [0.5, 0.6) is 5.75 Å². The first kappa shape index (κ1) is 16.5. The van der Waals surface area contributed by atoms with Crippen molar-refractivity contribution in [1.82, 2.24) is 0 Å². The van der Waals surface area contributed by atoms with Gasteiger partial charge in [-0.2, -0.15) is 5.26 Å². The summed E-state index contributed by atoms with van der Waals surface area (Å²) in [6.07, 6.45) is 4.21. The van der Waals surface area contributed by atoms with Gasteiger partial charge in [-0.15, -0.1) is 0 Å². The zero-order chi connectivity index (χ0) is 18.7. The van der Waals surface area contributed by atoms with E-state index >= 15 is 0 Å². The molecule has 2 aromatic rings. The predicted molar refractivity (Wildman–Crippen MR) is 106 cm³/mol. The van der Waals surface area contributed by atoms with Gasteiger partial charge in [0, 0.05) is 38.1 Å². The van der Waals surface area contributed by atoms with Crippen molar-refractivity contribution in [3.05, 3.63) is 59.2 Å². The molecule has 0 aliphatic carbocycles. The van der Waals surface area contributed by atoms with Crippen LogP contribution in [-0.4, -0.2) is 26.9 Å². The minimum atomic E-state index is -0.596. The van der Waals surface area contributed by atoms with Crippen molar-refractivity contribution in [2.75, 3.05) is 30.9 Å². The highest BCUT2D eigenvalue weighted by Crippen LogP contribution is 2.54. The number of nitriles is 1. The maximum Gasteiger partial charge on any atom is 0.211 e. The van der Waals surface area contributed by atoms with Gasteiger partial charge in [0.2, 0.25) is 5.72 Å². The van der Waals surface area contributed by atoms with Gasteiger partial charge >= 0.3 is 0 Å². The third-order valence-corrected chi connectivity index (χ3v) is 5.82. The van der Waals surface area contributed by atoms with E-state index in [0.717, 1.165) is 11.3 Å². The summed E-state index contributed by atoms with van der Waals surface area (Å²) >= 11 is 0. The third kappa shape index (κ3) is 2.00. The van der Waals surface area contributed by atoms with E-state index in [9.17, 15) is 0 Å². The highest BCUT2D eigenvalue weighted by molar-refractivity contribution is 5.74. The Balaban J connectivity index is 1.85. The molecule has 0 saturated heterocycles. The molecule has 4 rings (SSSR count). The molecule has 0 aromatic heterocycles. The predicted octanol–water partition coefficient (Wildman–Crippen LogP) is 4.15. The van der Waals surface area contributed by atoms with Crippen molar-refractivity contribution >= 4 is 17.5 Å². The zero-order valence-corrected chi connectivity index (χ0v) is 15.9. The highest BCUT2D eigenvalue weighted by Gasteiger charge is 2.57. The number of benzene rings is 2. The second kappa shape index (κ2) is 5.28. The number of rotatable bonds is 1. The molecule has 2 aliphatic heterocycles. The van der Waals surface area contributed by atoms with Gasteiger partial charge in [0.1, 0.15) is 5.75 Å². The first-order valence-electron chi connectivity index (χ1n) is 8.78. The molecule has 1 unspecified atom stereocenters. The Hall–Kier alpha value is -2.93. The van der Waals surface area contributed by atoms with Crippen LogP contribution in [0.15, 0.2) is 42.5 Å². The SMILES string of the molecule is CN(C)c1ccc2c(c1)C(C)(C)C1(C=Cc3cc(C#N)ccc3O1)N2C. The first-order chi connectivity index (χ1) is 12.3. The average Bonchev–Trinajstić information content (AvgIpc) is 2.79. The van der Waals surface area contributed by atoms with Crippen LogP contribution in [0, 0.1) is 11.3 Å². The molecule has 2 heterocycles. The van der Waals surface area contributed by atoms with Gasteiger partial charge in [0.05, 0.1) is 17.0 Å². The molecule has 132 valence electrons. The lowest BCUT2D eigenvalue weighted by Crippen LogP contribution is -2.58. The fraction of sp³-hybridized carbons (Fsp3) is 0.318. The van der Waals surface area contributed by atoms with E-state index < -0.39 is 5.72 Å². The molecule has 0 amide bonds. The Labute approximate surface area is 154 Å². The van der Waals surface area contributed by atoms with Crippen LogP contribution in [0.4, 0.5) is 11.4 Å². The maximum atomic E-state index is 9.13. The summed E-state index contributed by atoms with van der Waals surface area (Å²) in [6.45, 7) is 4.46. The normalized spacial score (nSPS) is 21.8. The van der Waals surface area contributed by atoms with Gasteiger partial charge in [-0.25, -0.2) is 0 Å². The molecule has 0 fully saturated rings. The smallest absolute Gasteiger partial charge is 0.211 e. The molecule has 0 N–H and O–H groups in total.